The summed E-state index contributed by atoms with van der Waals surface area (Å²) in [5, 5.41) is 0. The van der Waals surface area contributed by atoms with E-state index in [9.17, 15) is 4.79 Å². The summed E-state index contributed by atoms with van der Waals surface area (Å²) in [5.74, 6) is 0. The number of rotatable bonds is 14. The average Bonchev–Trinajstić information content (AvgIpc) is 3.37. The van der Waals surface area contributed by atoms with Crippen LogP contribution in [0, 0.1) is 0 Å². The number of hydrogen-bond donors (Lipinski definition) is 0. The normalized spacial score (nSPS) is 17.6. The van der Waals surface area contributed by atoms with E-state index in [0.717, 1.165) is 22.3 Å². The van der Waals surface area contributed by atoms with Gasteiger partial charge in [0.15, 0.2) is 0 Å². The molecule has 1 amide bonds. The minimum atomic E-state index is -1.05. The van der Waals surface area contributed by atoms with Gasteiger partial charge in [-0.2, -0.15) is 0 Å². The molecule has 0 spiro atoms. The molecular formula is C39H45NO6. The topological polar surface area (TPSA) is 66.5 Å². The van der Waals surface area contributed by atoms with Crippen LogP contribution in [0.25, 0.3) is 0 Å². The number of likely N-dealkylation sites (tertiary alicyclic amines) is 1. The zero-order valence-corrected chi connectivity index (χ0v) is 27.0. The van der Waals surface area contributed by atoms with Crippen LogP contribution >= 0.6 is 0 Å². The van der Waals surface area contributed by atoms with E-state index in [1.807, 2.05) is 142 Å². The van der Waals surface area contributed by atoms with Gasteiger partial charge in [0.2, 0.25) is 0 Å². The van der Waals surface area contributed by atoms with Gasteiger partial charge in [0.25, 0.3) is 0 Å². The molecule has 4 aromatic rings. The van der Waals surface area contributed by atoms with Crippen LogP contribution in [0.1, 0.15) is 43.0 Å². The molecule has 0 saturated carbocycles. The number of nitrogens with zero attached hydrogens (tertiary/aromatic N) is 1. The van der Waals surface area contributed by atoms with E-state index in [4.69, 9.17) is 23.7 Å². The molecule has 0 unspecified atom stereocenters. The van der Waals surface area contributed by atoms with E-state index in [0.29, 0.717) is 26.4 Å². The van der Waals surface area contributed by atoms with Gasteiger partial charge >= 0.3 is 6.09 Å². The lowest BCUT2D eigenvalue weighted by atomic mass is 9.93. The van der Waals surface area contributed by atoms with E-state index in [1.54, 1.807) is 4.90 Å². The third-order valence-corrected chi connectivity index (χ3v) is 7.89. The summed E-state index contributed by atoms with van der Waals surface area (Å²) < 4.78 is 32.3. The highest BCUT2D eigenvalue weighted by Gasteiger charge is 2.59. The van der Waals surface area contributed by atoms with Crippen LogP contribution in [0.4, 0.5) is 4.79 Å². The monoisotopic (exact) mass is 623 g/mol. The number of carbonyl (C=O) groups excluding carboxylic acids is 1. The van der Waals surface area contributed by atoms with Crippen LogP contribution in [-0.4, -0.2) is 54.1 Å². The molecule has 46 heavy (non-hydrogen) atoms. The van der Waals surface area contributed by atoms with Gasteiger partial charge in [-0.1, -0.05) is 121 Å². The Balaban J connectivity index is 1.50. The number of benzene rings is 4. The highest BCUT2D eigenvalue weighted by molar-refractivity contribution is 5.70. The summed E-state index contributed by atoms with van der Waals surface area (Å²) in [6, 6.07) is 40.0. The van der Waals surface area contributed by atoms with Gasteiger partial charge in [-0.3, -0.25) is 4.90 Å². The first-order chi connectivity index (χ1) is 22.3. The maximum Gasteiger partial charge on any atom is 0.411 e. The number of amides is 1. The van der Waals surface area contributed by atoms with Gasteiger partial charge in [0.05, 0.1) is 46.2 Å². The van der Waals surface area contributed by atoms with Crippen molar-refractivity contribution in [2.75, 3.05) is 19.8 Å². The standard InChI is InChI=1S/C39H45NO6/c1-38(2,3)46-37(41)40-24-35(44-27-33-20-12-6-13-21-33)36(45-28-34-22-14-7-15-23-34)39(40,29-42-25-31-16-8-4-9-17-31)30-43-26-32-18-10-5-11-19-32/h4-23,35-36H,24-30H2,1-3H3/t35-,36-/m0/s1. The first-order valence-electron chi connectivity index (χ1n) is 15.9. The second kappa shape index (κ2) is 16.0. The van der Waals surface area contributed by atoms with Crippen molar-refractivity contribution in [1.82, 2.24) is 4.90 Å². The van der Waals surface area contributed by atoms with Gasteiger partial charge in [-0.25, -0.2) is 4.79 Å². The summed E-state index contributed by atoms with van der Waals surface area (Å²) >= 11 is 0. The fourth-order valence-corrected chi connectivity index (χ4v) is 5.67. The van der Waals surface area contributed by atoms with Crippen molar-refractivity contribution < 1.29 is 28.5 Å². The number of hydrogen-bond acceptors (Lipinski definition) is 6. The molecule has 5 rings (SSSR count). The molecule has 0 bridgehead atoms. The van der Waals surface area contributed by atoms with Crippen molar-refractivity contribution in [2.24, 2.45) is 0 Å². The maximum atomic E-state index is 14.1. The molecule has 0 radical (unpaired) electrons. The molecule has 1 aliphatic rings. The zero-order valence-electron chi connectivity index (χ0n) is 27.0. The Labute approximate surface area is 273 Å². The molecule has 4 aromatic carbocycles. The first kappa shape index (κ1) is 33.4. The highest BCUT2D eigenvalue weighted by Crippen LogP contribution is 2.38. The molecule has 1 fully saturated rings. The summed E-state index contributed by atoms with van der Waals surface area (Å²) in [5.41, 5.74) is 2.35. The molecule has 1 aliphatic heterocycles. The molecule has 242 valence electrons. The van der Waals surface area contributed by atoms with Crippen molar-refractivity contribution in [2.45, 2.75) is 70.5 Å². The fourth-order valence-electron chi connectivity index (χ4n) is 5.67. The quantitative estimate of drug-likeness (QED) is 0.144. The molecule has 0 N–H and O–H groups in total. The summed E-state index contributed by atoms with van der Waals surface area (Å²) in [6.45, 7) is 7.59. The van der Waals surface area contributed by atoms with Crippen LogP contribution in [0.5, 0.6) is 0 Å². The molecule has 7 heteroatoms. The summed E-state index contributed by atoms with van der Waals surface area (Å²) in [7, 11) is 0. The van der Waals surface area contributed by atoms with Gasteiger partial charge in [0, 0.05) is 0 Å². The predicted molar refractivity (Wildman–Crippen MR) is 178 cm³/mol. The lowest BCUT2D eigenvalue weighted by molar-refractivity contribution is -0.137. The van der Waals surface area contributed by atoms with Crippen molar-refractivity contribution in [3.05, 3.63) is 144 Å². The van der Waals surface area contributed by atoms with Gasteiger partial charge in [0.1, 0.15) is 23.3 Å². The SMILES string of the molecule is CC(C)(C)OC(=O)N1C[C@H](OCc2ccccc2)[C@H](OCc2ccccc2)C1(COCc1ccccc1)COCc1ccccc1. The smallest absolute Gasteiger partial charge is 0.411 e. The van der Waals surface area contributed by atoms with E-state index < -0.39 is 29.4 Å². The van der Waals surface area contributed by atoms with Gasteiger partial charge < -0.3 is 23.7 Å². The Hall–Kier alpha value is -4.01. The van der Waals surface area contributed by atoms with Gasteiger partial charge in [-0.05, 0) is 43.0 Å². The van der Waals surface area contributed by atoms with Crippen molar-refractivity contribution in [3.8, 4) is 0 Å². The second-order valence-electron chi connectivity index (χ2n) is 12.7. The average molecular weight is 624 g/mol. The largest absolute Gasteiger partial charge is 0.444 e. The minimum absolute atomic E-state index is 0.153. The lowest BCUT2D eigenvalue weighted by Crippen LogP contribution is -2.61. The zero-order chi connectivity index (χ0) is 32.2. The Kier molecular flexibility index (Phi) is 11.6. The minimum Gasteiger partial charge on any atom is -0.444 e. The fraction of sp³-hybridized carbons (Fsp3) is 0.359. The second-order valence-corrected chi connectivity index (χ2v) is 12.7. The Morgan fingerprint density at radius 2 is 1.02 bits per heavy atom. The van der Waals surface area contributed by atoms with Crippen molar-refractivity contribution >= 4 is 6.09 Å². The Bertz CT molecular complexity index is 1410. The van der Waals surface area contributed by atoms with Crippen LogP contribution in [-0.2, 0) is 50.1 Å². The van der Waals surface area contributed by atoms with Crippen LogP contribution in [0.3, 0.4) is 0 Å². The van der Waals surface area contributed by atoms with Crippen molar-refractivity contribution in [1.29, 1.82) is 0 Å². The summed E-state index contributed by atoms with van der Waals surface area (Å²) in [6.07, 6.45) is -1.52. The third-order valence-electron chi connectivity index (χ3n) is 7.89. The van der Waals surface area contributed by atoms with Crippen molar-refractivity contribution in [3.63, 3.8) is 0 Å². The molecule has 1 heterocycles. The molecule has 0 aromatic heterocycles. The third kappa shape index (κ3) is 9.27. The maximum absolute atomic E-state index is 14.1. The number of carbonyl (C=O) groups is 1. The molecule has 2 atom stereocenters. The molecule has 0 aliphatic carbocycles. The highest BCUT2D eigenvalue weighted by atomic mass is 16.6. The van der Waals surface area contributed by atoms with Gasteiger partial charge in [-0.15, -0.1) is 0 Å². The molecule has 7 nitrogen and oxygen atoms in total. The summed E-state index contributed by atoms with van der Waals surface area (Å²) in [4.78, 5) is 15.8. The predicted octanol–water partition coefficient (Wildman–Crippen LogP) is 7.58. The Morgan fingerprint density at radius 3 is 1.43 bits per heavy atom. The molecular weight excluding hydrogens is 578 g/mol. The van der Waals surface area contributed by atoms with E-state index in [1.165, 1.54) is 0 Å². The van der Waals surface area contributed by atoms with Crippen LogP contribution in [0.15, 0.2) is 121 Å². The van der Waals surface area contributed by atoms with E-state index in [2.05, 4.69) is 0 Å². The first-order valence-corrected chi connectivity index (χ1v) is 15.9. The molecule has 1 saturated heterocycles. The number of ether oxygens (including phenoxy) is 5. The van der Waals surface area contributed by atoms with Crippen LogP contribution < -0.4 is 0 Å². The van der Waals surface area contributed by atoms with E-state index >= 15 is 0 Å². The Morgan fingerprint density at radius 1 is 0.630 bits per heavy atom. The van der Waals surface area contributed by atoms with E-state index in [-0.39, 0.29) is 19.8 Å². The lowest BCUT2D eigenvalue weighted by Gasteiger charge is -2.41. The van der Waals surface area contributed by atoms with Crippen LogP contribution in [0.2, 0.25) is 0 Å².